The lowest BCUT2D eigenvalue weighted by Gasteiger charge is -2.17. The lowest BCUT2D eigenvalue weighted by Crippen LogP contribution is -2.31. The molecule has 0 bridgehead atoms. The fraction of sp³-hybridized carbons (Fsp3) is 0.294. The molecule has 1 unspecified atom stereocenters. The average molecular weight is 329 g/mol. The third kappa shape index (κ3) is 3.71. The molecule has 5 nitrogen and oxygen atoms in total. The van der Waals surface area contributed by atoms with Crippen LogP contribution in [0.25, 0.3) is 0 Å². The molecule has 1 aliphatic rings. The number of likely N-dealkylation sites (tertiary alicyclic amines) is 1. The zero-order valence-corrected chi connectivity index (χ0v) is 13.7. The molecule has 0 spiro atoms. The van der Waals surface area contributed by atoms with E-state index in [2.05, 4.69) is 10.6 Å². The molecular formula is C17H19N3O2S. The van der Waals surface area contributed by atoms with Crippen molar-refractivity contribution in [3.05, 3.63) is 46.7 Å². The Bertz CT molecular complexity index is 700. The summed E-state index contributed by atoms with van der Waals surface area (Å²) in [5.74, 6) is 0.0290. The maximum absolute atomic E-state index is 12.2. The van der Waals surface area contributed by atoms with Crippen molar-refractivity contribution in [3.8, 4) is 0 Å². The smallest absolute Gasteiger partial charge is 0.244 e. The minimum atomic E-state index is -0.227. The third-order valence-electron chi connectivity index (χ3n) is 3.87. The van der Waals surface area contributed by atoms with E-state index in [-0.39, 0.29) is 17.9 Å². The minimum absolute atomic E-state index is 0.0587. The highest BCUT2D eigenvalue weighted by Gasteiger charge is 2.29. The van der Waals surface area contributed by atoms with Crippen LogP contribution in [0.5, 0.6) is 0 Å². The van der Waals surface area contributed by atoms with Crippen LogP contribution in [-0.4, -0.2) is 36.3 Å². The van der Waals surface area contributed by atoms with Crippen molar-refractivity contribution < 1.29 is 9.59 Å². The molecule has 1 atom stereocenters. The number of rotatable bonds is 5. The van der Waals surface area contributed by atoms with Crippen LogP contribution < -0.4 is 10.6 Å². The molecule has 120 valence electrons. The molecule has 2 aromatic rings. The number of nitrogens with one attached hydrogen (secondary N) is 2. The van der Waals surface area contributed by atoms with E-state index in [0.717, 1.165) is 23.5 Å². The number of likely N-dealkylation sites (N-methyl/N-ethyl adjacent to an activating group) is 1. The van der Waals surface area contributed by atoms with Gasteiger partial charge in [-0.2, -0.15) is 0 Å². The standard InChI is InChI=1S/C17H19N3O2S/c1-20-9-8-15(17(20)22)18-13-6-2-3-7-14(13)19-16(21)11-12-5-4-10-23-12/h2-7,10,15,18H,8-9,11H2,1H3,(H,19,21). The number of carbonyl (C=O) groups excluding carboxylic acids is 2. The maximum Gasteiger partial charge on any atom is 0.244 e. The number of benzene rings is 1. The predicted octanol–water partition coefficient (Wildman–Crippen LogP) is 2.57. The van der Waals surface area contributed by atoms with Crippen molar-refractivity contribution in [2.75, 3.05) is 24.2 Å². The second-order valence-electron chi connectivity index (χ2n) is 5.60. The van der Waals surface area contributed by atoms with E-state index in [1.165, 1.54) is 0 Å². The van der Waals surface area contributed by atoms with E-state index in [0.29, 0.717) is 12.1 Å². The van der Waals surface area contributed by atoms with E-state index in [9.17, 15) is 9.59 Å². The van der Waals surface area contributed by atoms with Crippen molar-refractivity contribution in [2.45, 2.75) is 18.9 Å². The fourth-order valence-electron chi connectivity index (χ4n) is 2.63. The van der Waals surface area contributed by atoms with Gasteiger partial charge in [0.2, 0.25) is 11.8 Å². The Balaban J connectivity index is 1.68. The fourth-order valence-corrected chi connectivity index (χ4v) is 3.33. The van der Waals surface area contributed by atoms with Crippen molar-refractivity contribution in [2.24, 2.45) is 0 Å². The summed E-state index contributed by atoms with van der Waals surface area (Å²) in [5.41, 5.74) is 1.48. The highest BCUT2D eigenvalue weighted by atomic mass is 32.1. The van der Waals surface area contributed by atoms with Gasteiger partial charge in [-0.25, -0.2) is 0 Å². The second kappa shape index (κ2) is 6.83. The normalized spacial score (nSPS) is 17.3. The summed E-state index contributed by atoms with van der Waals surface area (Å²) in [5, 5.41) is 8.14. The lowest BCUT2D eigenvalue weighted by atomic mass is 10.2. The van der Waals surface area contributed by atoms with Gasteiger partial charge in [0.15, 0.2) is 0 Å². The molecule has 0 radical (unpaired) electrons. The Morgan fingerprint density at radius 1 is 1.26 bits per heavy atom. The Hall–Kier alpha value is -2.34. The van der Waals surface area contributed by atoms with Crippen molar-refractivity contribution in [1.29, 1.82) is 0 Å². The van der Waals surface area contributed by atoms with Crippen LogP contribution in [0.15, 0.2) is 41.8 Å². The molecule has 1 aliphatic heterocycles. The molecular weight excluding hydrogens is 310 g/mol. The van der Waals surface area contributed by atoms with Gasteiger partial charge in [0.25, 0.3) is 0 Å². The van der Waals surface area contributed by atoms with Crippen molar-refractivity contribution >= 4 is 34.5 Å². The van der Waals surface area contributed by atoms with Gasteiger partial charge in [-0.05, 0) is 30.0 Å². The first-order chi connectivity index (χ1) is 11.1. The number of hydrogen-bond acceptors (Lipinski definition) is 4. The summed E-state index contributed by atoms with van der Waals surface area (Å²) < 4.78 is 0. The van der Waals surface area contributed by atoms with Crippen LogP contribution >= 0.6 is 11.3 Å². The summed E-state index contributed by atoms with van der Waals surface area (Å²) >= 11 is 1.57. The Morgan fingerprint density at radius 3 is 2.70 bits per heavy atom. The van der Waals surface area contributed by atoms with Crippen LogP contribution in [0.2, 0.25) is 0 Å². The monoisotopic (exact) mass is 329 g/mol. The largest absolute Gasteiger partial charge is 0.372 e. The number of thiophene rings is 1. The van der Waals surface area contributed by atoms with Gasteiger partial charge in [-0.3, -0.25) is 9.59 Å². The molecule has 0 aliphatic carbocycles. The Kier molecular flexibility index (Phi) is 4.62. The number of nitrogens with zero attached hydrogens (tertiary/aromatic N) is 1. The first-order valence-electron chi connectivity index (χ1n) is 7.56. The van der Waals surface area contributed by atoms with Crippen LogP contribution in [0.4, 0.5) is 11.4 Å². The van der Waals surface area contributed by atoms with Crippen LogP contribution in [0.3, 0.4) is 0 Å². The van der Waals surface area contributed by atoms with Gasteiger partial charge in [-0.15, -0.1) is 11.3 Å². The number of carbonyl (C=O) groups is 2. The van der Waals surface area contributed by atoms with Crippen molar-refractivity contribution in [1.82, 2.24) is 4.90 Å². The molecule has 1 fully saturated rings. The molecule has 6 heteroatoms. The second-order valence-corrected chi connectivity index (χ2v) is 6.63. The first-order valence-corrected chi connectivity index (χ1v) is 8.44. The number of para-hydroxylation sites is 2. The molecule has 23 heavy (non-hydrogen) atoms. The molecule has 0 saturated carbocycles. The van der Waals surface area contributed by atoms with Gasteiger partial charge >= 0.3 is 0 Å². The zero-order valence-electron chi connectivity index (χ0n) is 12.9. The topological polar surface area (TPSA) is 61.4 Å². The highest BCUT2D eigenvalue weighted by molar-refractivity contribution is 7.10. The first kappa shape index (κ1) is 15.6. The van der Waals surface area contributed by atoms with Crippen LogP contribution in [-0.2, 0) is 16.0 Å². The van der Waals surface area contributed by atoms with Gasteiger partial charge in [0.05, 0.1) is 17.8 Å². The summed E-state index contributed by atoms with van der Waals surface area (Å²) in [7, 11) is 1.80. The average Bonchev–Trinajstić information content (AvgIpc) is 3.14. The minimum Gasteiger partial charge on any atom is -0.372 e. The van der Waals surface area contributed by atoms with Gasteiger partial charge in [-0.1, -0.05) is 18.2 Å². The van der Waals surface area contributed by atoms with Crippen molar-refractivity contribution in [3.63, 3.8) is 0 Å². The SMILES string of the molecule is CN1CCC(Nc2ccccc2NC(=O)Cc2cccs2)C1=O. The molecule has 1 aromatic heterocycles. The Morgan fingerprint density at radius 2 is 2.04 bits per heavy atom. The number of hydrogen-bond donors (Lipinski definition) is 2. The molecule has 2 N–H and O–H groups in total. The summed E-state index contributed by atoms with van der Waals surface area (Å²) in [6.45, 7) is 0.753. The molecule has 1 saturated heterocycles. The zero-order chi connectivity index (χ0) is 16.2. The van der Waals surface area contributed by atoms with Crippen LogP contribution in [0.1, 0.15) is 11.3 Å². The molecule has 2 heterocycles. The van der Waals surface area contributed by atoms with E-state index in [1.54, 1.807) is 23.3 Å². The van der Waals surface area contributed by atoms with Gasteiger partial charge < -0.3 is 15.5 Å². The van der Waals surface area contributed by atoms with E-state index in [1.807, 2.05) is 41.8 Å². The van der Waals surface area contributed by atoms with E-state index in [4.69, 9.17) is 0 Å². The summed E-state index contributed by atoms with van der Waals surface area (Å²) in [6.07, 6.45) is 1.13. The molecule has 1 aromatic carbocycles. The number of anilines is 2. The lowest BCUT2D eigenvalue weighted by molar-refractivity contribution is -0.127. The quantitative estimate of drug-likeness (QED) is 0.886. The summed E-state index contributed by atoms with van der Waals surface area (Å²) in [4.78, 5) is 27.0. The summed E-state index contributed by atoms with van der Waals surface area (Å²) in [6, 6.07) is 11.1. The Labute approximate surface area is 139 Å². The third-order valence-corrected chi connectivity index (χ3v) is 4.75. The van der Waals surface area contributed by atoms with Gasteiger partial charge in [0, 0.05) is 18.5 Å². The molecule has 2 amide bonds. The molecule has 3 rings (SSSR count). The van der Waals surface area contributed by atoms with Gasteiger partial charge in [0.1, 0.15) is 6.04 Å². The van der Waals surface area contributed by atoms with Crippen LogP contribution in [0, 0.1) is 0 Å². The predicted molar refractivity (Wildman–Crippen MR) is 92.8 cm³/mol. The maximum atomic E-state index is 12.2. The van der Waals surface area contributed by atoms with E-state index >= 15 is 0 Å². The number of amides is 2. The van der Waals surface area contributed by atoms with E-state index < -0.39 is 0 Å². The highest BCUT2D eigenvalue weighted by Crippen LogP contribution is 2.24.